The maximum Gasteiger partial charge on any atom is 0.209 e. The van der Waals surface area contributed by atoms with E-state index in [0.717, 1.165) is 10.7 Å². The Balaban J connectivity index is 2.08. The standard InChI is InChI=1S/C10H12N6OS/c1-16-10(12-14-15-16)18-6-7-3-2-4-8(5-7)9(11)13-17/h2-5,17H,6H2,1H3,(H2,11,13). The third-order valence-electron chi connectivity index (χ3n) is 2.28. The molecule has 0 atom stereocenters. The molecule has 18 heavy (non-hydrogen) atoms. The highest BCUT2D eigenvalue weighted by molar-refractivity contribution is 7.98. The van der Waals surface area contributed by atoms with Gasteiger partial charge in [-0.3, -0.25) is 0 Å². The molecule has 0 saturated carbocycles. The molecule has 0 aliphatic heterocycles. The Labute approximate surface area is 108 Å². The molecule has 1 aromatic heterocycles. The molecule has 94 valence electrons. The summed E-state index contributed by atoms with van der Waals surface area (Å²) in [5, 5.41) is 23.5. The van der Waals surface area contributed by atoms with E-state index in [4.69, 9.17) is 10.9 Å². The number of hydrogen-bond acceptors (Lipinski definition) is 6. The normalized spacial score (nSPS) is 11.7. The van der Waals surface area contributed by atoms with Gasteiger partial charge >= 0.3 is 0 Å². The first-order chi connectivity index (χ1) is 8.70. The van der Waals surface area contributed by atoms with E-state index in [0.29, 0.717) is 11.3 Å². The summed E-state index contributed by atoms with van der Waals surface area (Å²) < 4.78 is 1.61. The summed E-state index contributed by atoms with van der Waals surface area (Å²) in [6, 6.07) is 7.47. The smallest absolute Gasteiger partial charge is 0.209 e. The van der Waals surface area contributed by atoms with Crippen molar-refractivity contribution in [2.75, 3.05) is 0 Å². The SMILES string of the molecule is Cn1nnnc1SCc1cccc(/C(N)=N/O)c1. The van der Waals surface area contributed by atoms with Crippen molar-refractivity contribution >= 4 is 17.6 Å². The number of hydrogen-bond donors (Lipinski definition) is 2. The van der Waals surface area contributed by atoms with Crippen LogP contribution in [-0.2, 0) is 12.8 Å². The molecule has 0 saturated heterocycles. The maximum absolute atomic E-state index is 8.62. The first-order valence-electron chi connectivity index (χ1n) is 5.12. The number of thioether (sulfide) groups is 1. The summed E-state index contributed by atoms with van der Waals surface area (Å²) >= 11 is 1.52. The quantitative estimate of drug-likeness (QED) is 0.275. The van der Waals surface area contributed by atoms with E-state index in [1.807, 2.05) is 18.2 Å². The molecule has 0 amide bonds. The van der Waals surface area contributed by atoms with Crippen LogP contribution >= 0.6 is 11.8 Å². The van der Waals surface area contributed by atoms with Gasteiger partial charge in [-0.05, 0) is 22.1 Å². The van der Waals surface area contributed by atoms with E-state index >= 15 is 0 Å². The zero-order chi connectivity index (χ0) is 13.0. The molecule has 2 aromatic rings. The number of aryl methyl sites for hydroxylation is 1. The lowest BCUT2D eigenvalue weighted by Gasteiger charge is -2.03. The van der Waals surface area contributed by atoms with E-state index in [1.165, 1.54) is 11.8 Å². The van der Waals surface area contributed by atoms with Gasteiger partial charge in [-0.15, -0.1) is 5.10 Å². The molecule has 7 nitrogen and oxygen atoms in total. The summed E-state index contributed by atoms with van der Waals surface area (Å²) in [4.78, 5) is 0. The highest BCUT2D eigenvalue weighted by Gasteiger charge is 2.05. The van der Waals surface area contributed by atoms with Crippen molar-refractivity contribution in [3.63, 3.8) is 0 Å². The predicted molar refractivity (Wildman–Crippen MR) is 67.3 cm³/mol. The van der Waals surface area contributed by atoms with Gasteiger partial charge in [-0.2, -0.15) is 0 Å². The summed E-state index contributed by atoms with van der Waals surface area (Å²) in [6.07, 6.45) is 0. The van der Waals surface area contributed by atoms with Gasteiger partial charge in [-0.25, -0.2) is 4.68 Å². The van der Waals surface area contributed by atoms with Gasteiger partial charge in [0.1, 0.15) is 0 Å². The number of aromatic nitrogens is 4. The van der Waals surface area contributed by atoms with Crippen LogP contribution in [0.3, 0.4) is 0 Å². The topological polar surface area (TPSA) is 102 Å². The monoisotopic (exact) mass is 264 g/mol. The minimum Gasteiger partial charge on any atom is -0.409 e. The summed E-state index contributed by atoms with van der Waals surface area (Å²) in [6.45, 7) is 0. The molecule has 3 N–H and O–H groups in total. The highest BCUT2D eigenvalue weighted by Crippen LogP contribution is 2.19. The molecule has 0 aliphatic carbocycles. The van der Waals surface area contributed by atoms with Gasteiger partial charge in [-0.1, -0.05) is 35.1 Å². The number of oxime groups is 1. The van der Waals surface area contributed by atoms with Crippen molar-refractivity contribution in [2.45, 2.75) is 10.9 Å². The zero-order valence-electron chi connectivity index (χ0n) is 9.69. The van der Waals surface area contributed by atoms with Crippen LogP contribution in [0.25, 0.3) is 0 Å². The third kappa shape index (κ3) is 2.77. The molecule has 1 heterocycles. The van der Waals surface area contributed by atoms with Crippen molar-refractivity contribution in [1.29, 1.82) is 0 Å². The van der Waals surface area contributed by atoms with Crippen LogP contribution in [0.15, 0.2) is 34.6 Å². The first-order valence-corrected chi connectivity index (χ1v) is 6.11. The fraction of sp³-hybridized carbons (Fsp3) is 0.200. The summed E-state index contributed by atoms with van der Waals surface area (Å²) in [5.74, 6) is 0.808. The second kappa shape index (κ2) is 5.50. The van der Waals surface area contributed by atoms with Crippen molar-refractivity contribution in [1.82, 2.24) is 20.2 Å². The second-order valence-electron chi connectivity index (χ2n) is 3.56. The molecule has 0 fully saturated rings. The van der Waals surface area contributed by atoms with E-state index in [9.17, 15) is 0 Å². The van der Waals surface area contributed by atoms with Gasteiger partial charge in [0, 0.05) is 18.4 Å². The molecule has 0 unspecified atom stereocenters. The number of nitrogens with zero attached hydrogens (tertiary/aromatic N) is 5. The van der Waals surface area contributed by atoms with Crippen molar-refractivity contribution in [3.8, 4) is 0 Å². The molecule has 0 aliphatic rings. The average molecular weight is 264 g/mol. The Kier molecular flexibility index (Phi) is 3.78. The number of amidine groups is 1. The summed E-state index contributed by atoms with van der Waals surface area (Å²) in [5.41, 5.74) is 7.27. The van der Waals surface area contributed by atoms with Crippen LogP contribution < -0.4 is 5.73 Å². The lowest BCUT2D eigenvalue weighted by atomic mass is 10.1. The lowest BCUT2D eigenvalue weighted by Crippen LogP contribution is -2.13. The van der Waals surface area contributed by atoms with Gasteiger partial charge in [0.2, 0.25) is 5.16 Å². The highest BCUT2D eigenvalue weighted by atomic mass is 32.2. The summed E-state index contributed by atoms with van der Waals surface area (Å²) in [7, 11) is 1.79. The van der Waals surface area contributed by atoms with Gasteiger partial charge in [0.15, 0.2) is 5.84 Å². The van der Waals surface area contributed by atoms with E-state index in [1.54, 1.807) is 17.8 Å². The van der Waals surface area contributed by atoms with Crippen LogP contribution in [0.4, 0.5) is 0 Å². The van der Waals surface area contributed by atoms with E-state index < -0.39 is 0 Å². The molecular weight excluding hydrogens is 252 g/mol. The fourth-order valence-corrected chi connectivity index (χ4v) is 2.16. The van der Waals surface area contributed by atoms with Crippen LogP contribution in [-0.4, -0.2) is 31.3 Å². The Hall–Kier alpha value is -2.09. The number of nitrogens with two attached hydrogens (primary N) is 1. The molecule has 0 spiro atoms. The molecular formula is C10H12N6OS. The van der Waals surface area contributed by atoms with E-state index in [-0.39, 0.29) is 5.84 Å². The number of benzene rings is 1. The Bertz CT molecular complexity index is 567. The molecule has 8 heteroatoms. The van der Waals surface area contributed by atoms with Crippen LogP contribution in [0, 0.1) is 0 Å². The average Bonchev–Trinajstić information content (AvgIpc) is 2.81. The maximum atomic E-state index is 8.62. The van der Waals surface area contributed by atoms with Crippen molar-refractivity contribution in [2.24, 2.45) is 17.9 Å². The molecule has 0 bridgehead atoms. The van der Waals surface area contributed by atoms with Crippen molar-refractivity contribution in [3.05, 3.63) is 35.4 Å². The van der Waals surface area contributed by atoms with Gasteiger partial charge in [0.05, 0.1) is 0 Å². The predicted octanol–water partition coefficient (Wildman–Crippen LogP) is 0.597. The lowest BCUT2D eigenvalue weighted by molar-refractivity contribution is 0.318. The molecule has 2 rings (SSSR count). The fourth-order valence-electron chi connectivity index (χ4n) is 1.37. The number of rotatable bonds is 4. The minimum absolute atomic E-state index is 0.0992. The minimum atomic E-state index is 0.0992. The Morgan fingerprint density at radius 1 is 1.56 bits per heavy atom. The van der Waals surface area contributed by atoms with Crippen LogP contribution in [0.2, 0.25) is 0 Å². The molecule has 0 radical (unpaired) electrons. The van der Waals surface area contributed by atoms with Crippen LogP contribution in [0.1, 0.15) is 11.1 Å². The number of tetrazole rings is 1. The first kappa shape index (κ1) is 12.4. The van der Waals surface area contributed by atoms with Crippen molar-refractivity contribution < 1.29 is 5.21 Å². The van der Waals surface area contributed by atoms with Gasteiger partial charge < -0.3 is 10.9 Å². The largest absolute Gasteiger partial charge is 0.409 e. The molecule has 1 aromatic carbocycles. The van der Waals surface area contributed by atoms with E-state index in [2.05, 4.69) is 20.7 Å². The van der Waals surface area contributed by atoms with Crippen LogP contribution in [0.5, 0.6) is 0 Å². The third-order valence-corrected chi connectivity index (χ3v) is 3.36. The Morgan fingerprint density at radius 3 is 3.06 bits per heavy atom. The second-order valence-corrected chi connectivity index (χ2v) is 4.50. The zero-order valence-corrected chi connectivity index (χ0v) is 10.5. The van der Waals surface area contributed by atoms with Gasteiger partial charge in [0.25, 0.3) is 0 Å². The Morgan fingerprint density at radius 2 is 2.39 bits per heavy atom.